The van der Waals surface area contributed by atoms with Crippen LogP contribution in [0.2, 0.25) is 5.02 Å². The zero-order chi connectivity index (χ0) is 16.8. The molecule has 5 nitrogen and oxygen atoms in total. The molecule has 2 amide bonds. The Labute approximate surface area is 142 Å². The summed E-state index contributed by atoms with van der Waals surface area (Å²) in [6, 6.07) is 4.14. The maximum absolute atomic E-state index is 12.9. The number of carbonyl (C=O) groups excluding carboxylic acids is 3. The van der Waals surface area contributed by atoms with Crippen LogP contribution >= 0.6 is 11.6 Å². The van der Waals surface area contributed by atoms with Crippen LogP contribution in [0, 0.1) is 29.1 Å². The number of carboxylic acid groups (broad SMARTS) is 1. The van der Waals surface area contributed by atoms with Gasteiger partial charge in [0.15, 0.2) is 0 Å². The third-order valence-electron chi connectivity index (χ3n) is 6.28. The molecule has 0 N–H and O–H groups in total. The quantitative estimate of drug-likeness (QED) is 0.601. The Morgan fingerprint density at radius 3 is 2.21 bits per heavy atom. The smallest absolute Gasteiger partial charge is 0.238 e. The lowest BCUT2D eigenvalue weighted by Crippen LogP contribution is -2.35. The molecule has 4 aliphatic rings. The summed E-state index contributed by atoms with van der Waals surface area (Å²) < 4.78 is 0. The fraction of sp³-hybridized carbons (Fsp3) is 0.389. The predicted molar refractivity (Wildman–Crippen MR) is 83.0 cm³/mol. The number of nitrogens with zero attached hydrogens (tertiary/aromatic N) is 1. The topological polar surface area (TPSA) is 77.5 Å². The third-order valence-corrected chi connectivity index (χ3v) is 6.61. The summed E-state index contributed by atoms with van der Waals surface area (Å²) in [4.78, 5) is 38.2. The van der Waals surface area contributed by atoms with Gasteiger partial charge in [0.1, 0.15) is 0 Å². The number of carbonyl (C=O) groups is 3. The summed E-state index contributed by atoms with van der Waals surface area (Å²) in [5.74, 6) is -2.21. The average molecular weight is 343 g/mol. The molecule has 1 spiro atoms. The van der Waals surface area contributed by atoms with Gasteiger partial charge in [-0.25, -0.2) is 4.90 Å². The number of benzene rings is 1. The van der Waals surface area contributed by atoms with E-state index >= 15 is 0 Å². The van der Waals surface area contributed by atoms with E-state index in [0.29, 0.717) is 0 Å². The first-order valence-electron chi connectivity index (χ1n) is 8.03. The van der Waals surface area contributed by atoms with Crippen molar-refractivity contribution in [3.8, 4) is 0 Å². The zero-order valence-electron chi connectivity index (χ0n) is 12.6. The van der Waals surface area contributed by atoms with Crippen molar-refractivity contribution in [2.75, 3.05) is 4.90 Å². The summed E-state index contributed by atoms with van der Waals surface area (Å²) in [5.41, 5.74) is 0.182. The number of fused-ring (bicyclic) bond motifs is 3. The highest BCUT2D eigenvalue weighted by molar-refractivity contribution is 6.33. The van der Waals surface area contributed by atoms with E-state index in [0.717, 1.165) is 17.7 Å². The number of imide groups is 1. The number of anilines is 1. The van der Waals surface area contributed by atoms with Crippen LogP contribution in [0.3, 0.4) is 0 Å². The van der Waals surface area contributed by atoms with Gasteiger partial charge < -0.3 is 9.90 Å². The normalized spacial score (nSPS) is 34.3. The van der Waals surface area contributed by atoms with Crippen LogP contribution in [-0.4, -0.2) is 17.8 Å². The summed E-state index contributed by atoms with van der Waals surface area (Å²) >= 11 is 5.85. The fourth-order valence-corrected chi connectivity index (χ4v) is 5.34. The molecule has 1 aliphatic heterocycles. The maximum Gasteiger partial charge on any atom is 0.238 e. The molecule has 4 atom stereocenters. The first kappa shape index (κ1) is 14.2. The molecule has 5 rings (SSSR count). The lowest BCUT2D eigenvalue weighted by Gasteiger charge is -2.22. The largest absolute Gasteiger partial charge is 0.545 e. The molecule has 1 saturated heterocycles. The molecule has 1 aromatic carbocycles. The van der Waals surface area contributed by atoms with E-state index in [4.69, 9.17) is 11.6 Å². The summed E-state index contributed by atoms with van der Waals surface area (Å²) in [6.45, 7) is 0. The highest BCUT2D eigenvalue weighted by Crippen LogP contribution is 2.73. The second kappa shape index (κ2) is 4.28. The van der Waals surface area contributed by atoms with Crippen LogP contribution in [0.5, 0.6) is 0 Å². The van der Waals surface area contributed by atoms with Gasteiger partial charge >= 0.3 is 0 Å². The first-order valence-corrected chi connectivity index (χ1v) is 8.40. The summed E-state index contributed by atoms with van der Waals surface area (Å²) in [5, 5.41) is 11.2. The van der Waals surface area contributed by atoms with Crippen molar-refractivity contribution >= 4 is 35.1 Å². The SMILES string of the molecule is O=C([O-])c1cc(N2C(=O)[C@@H]3[C@@H](C2=O)[C@@H]2C=C[C@H]3C23CC3)ccc1Cl. The van der Waals surface area contributed by atoms with Crippen LogP contribution in [0.25, 0.3) is 0 Å². The van der Waals surface area contributed by atoms with Crippen molar-refractivity contribution in [3.05, 3.63) is 40.9 Å². The molecule has 122 valence electrons. The monoisotopic (exact) mass is 342 g/mol. The minimum atomic E-state index is -1.43. The number of halogens is 1. The maximum atomic E-state index is 12.9. The molecule has 2 bridgehead atoms. The Kier molecular flexibility index (Phi) is 2.53. The molecule has 0 unspecified atom stereocenters. The van der Waals surface area contributed by atoms with Gasteiger partial charge in [0.25, 0.3) is 0 Å². The van der Waals surface area contributed by atoms with Gasteiger partial charge in [-0.1, -0.05) is 23.8 Å². The van der Waals surface area contributed by atoms with Gasteiger partial charge in [-0.2, -0.15) is 0 Å². The number of aromatic carboxylic acids is 1. The second-order valence-electron chi connectivity index (χ2n) is 7.18. The van der Waals surface area contributed by atoms with Crippen molar-refractivity contribution in [2.24, 2.45) is 29.1 Å². The highest BCUT2D eigenvalue weighted by atomic mass is 35.5. The Morgan fingerprint density at radius 1 is 1.12 bits per heavy atom. The number of carboxylic acids is 1. The van der Waals surface area contributed by atoms with Gasteiger partial charge in [-0.05, 0) is 48.3 Å². The molecule has 6 heteroatoms. The van der Waals surface area contributed by atoms with E-state index < -0.39 is 5.97 Å². The van der Waals surface area contributed by atoms with Crippen molar-refractivity contribution < 1.29 is 19.5 Å². The van der Waals surface area contributed by atoms with Gasteiger partial charge in [0.2, 0.25) is 11.8 Å². The number of allylic oxidation sites excluding steroid dienone is 2. The molecule has 2 saturated carbocycles. The van der Waals surface area contributed by atoms with Crippen LogP contribution in [0.15, 0.2) is 30.4 Å². The van der Waals surface area contributed by atoms with E-state index in [1.165, 1.54) is 18.2 Å². The average Bonchev–Trinajstić information content (AvgIpc) is 3.14. The standard InChI is InChI=1S/C18H14ClNO4/c19-12-4-1-8(7-9(12)17(23)24)20-15(21)13-10-2-3-11(14(13)16(20)22)18(10)5-6-18/h1-4,7,10-11,13-14H,5-6H2,(H,23,24)/p-1/t10-,11+,13-,14-/m0/s1. The third kappa shape index (κ3) is 1.49. The first-order chi connectivity index (χ1) is 11.5. The lowest BCUT2D eigenvalue weighted by molar-refractivity contribution is -0.255. The summed E-state index contributed by atoms with van der Waals surface area (Å²) in [6.07, 6.45) is 6.36. The van der Waals surface area contributed by atoms with Crippen molar-refractivity contribution in [3.63, 3.8) is 0 Å². The molecule has 0 radical (unpaired) electrons. The molecule has 3 aliphatic carbocycles. The Morgan fingerprint density at radius 2 is 1.71 bits per heavy atom. The minimum absolute atomic E-state index is 0.0247. The van der Waals surface area contributed by atoms with Crippen LogP contribution < -0.4 is 10.0 Å². The van der Waals surface area contributed by atoms with Gasteiger partial charge in [0.05, 0.1) is 23.5 Å². The van der Waals surface area contributed by atoms with E-state index in [2.05, 4.69) is 12.2 Å². The van der Waals surface area contributed by atoms with Gasteiger partial charge in [0, 0.05) is 10.6 Å². The van der Waals surface area contributed by atoms with Crippen LogP contribution in [0.1, 0.15) is 23.2 Å². The van der Waals surface area contributed by atoms with E-state index in [9.17, 15) is 19.5 Å². The van der Waals surface area contributed by atoms with E-state index in [-0.39, 0.29) is 57.2 Å². The summed E-state index contributed by atoms with van der Waals surface area (Å²) in [7, 11) is 0. The Hall–Kier alpha value is -2.14. The molecule has 3 fully saturated rings. The number of hydrogen-bond donors (Lipinski definition) is 0. The molecular weight excluding hydrogens is 330 g/mol. The van der Waals surface area contributed by atoms with Crippen molar-refractivity contribution in [1.29, 1.82) is 0 Å². The molecule has 24 heavy (non-hydrogen) atoms. The predicted octanol–water partition coefficient (Wildman–Crippen LogP) is 1.41. The lowest BCUT2D eigenvalue weighted by atomic mass is 9.85. The van der Waals surface area contributed by atoms with Gasteiger partial charge in [-0.15, -0.1) is 0 Å². The number of hydrogen-bond acceptors (Lipinski definition) is 4. The number of amides is 2. The van der Waals surface area contributed by atoms with Crippen molar-refractivity contribution in [2.45, 2.75) is 12.8 Å². The second-order valence-corrected chi connectivity index (χ2v) is 7.59. The van der Waals surface area contributed by atoms with Crippen LogP contribution in [0.4, 0.5) is 5.69 Å². The molecule has 0 aromatic heterocycles. The fourth-order valence-electron chi connectivity index (χ4n) is 5.14. The zero-order valence-corrected chi connectivity index (χ0v) is 13.3. The minimum Gasteiger partial charge on any atom is -0.545 e. The van der Waals surface area contributed by atoms with E-state index in [1.54, 1.807) is 0 Å². The Balaban J connectivity index is 1.56. The number of rotatable bonds is 2. The van der Waals surface area contributed by atoms with E-state index in [1.807, 2.05) is 0 Å². The van der Waals surface area contributed by atoms with Gasteiger partial charge in [-0.3, -0.25) is 9.59 Å². The Bertz CT molecular complexity index is 823. The van der Waals surface area contributed by atoms with Crippen LogP contribution in [-0.2, 0) is 9.59 Å². The van der Waals surface area contributed by atoms with Crippen molar-refractivity contribution in [1.82, 2.24) is 0 Å². The highest BCUT2D eigenvalue weighted by Gasteiger charge is 2.73. The molecular formula is C18H13ClNO4-. The molecule has 1 aromatic rings. The molecule has 1 heterocycles.